The standard InChI is InChI=1S/C16H18N4OS/c1-9-18-19-16(22)20(9)12-4-2-3-11(7-12)17-15(21)14-8-13(14)10-5-6-10/h2-4,7,10,13-14H,5-6,8H2,1H3,(H,17,21)(H,19,22)/t13-,14-/m0/s1. The Morgan fingerprint density at radius 3 is 2.95 bits per heavy atom. The molecule has 0 saturated heterocycles. The number of carbonyl (C=O) groups excluding carboxylic acids is 1. The van der Waals surface area contributed by atoms with Crippen LogP contribution in [0.3, 0.4) is 0 Å². The van der Waals surface area contributed by atoms with E-state index in [2.05, 4.69) is 15.5 Å². The van der Waals surface area contributed by atoms with Gasteiger partial charge in [0, 0.05) is 11.6 Å². The highest BCUT2D eigenvalue weighted by molar-refractivity contribution is 7.71. The fraction of sp³-hybridized carbons (Fsp3) is 0.438. The maximum Gasteiger partial charge on any atom is 0.227 e. The fourth-order valence-corrected chi connectivity index (χ4v) is 3.48. The summed E-state index contributed by atoms with van der Waals surface area (Å²) in [5.41, 5.74) is 1.72. The van der Waals surface area contributed by atoms with E-state index in [1.54, 1.807) is 0 Å². The molecule has 2 N–H and O–H groups in total. The summed E-state index contributed by atoms with van der Waals surface area (Å²) in [5, 5.41) is 9.93. The number of aromatic amines is 1. The largest absolute Gasteiger partial charge is 0.326 e. The average Bonchev–Trinajstić information content (AvgIpc) is 3.36. The highest BCUT2D eigenvalue weighted by Gasteiger charge is 2.51. The summed E-state index contributed by atoms with van der Waals surface area (Å²) in [6.07, 6.45) is 3.67. The molecule has 1 amide bonds. The predicted molar refractivity (Wildman–Crippen MR) is 86.4 cm³/mol. The van der Waals surface area contributed by atoms with Crippen LogP contribution in [0, 0.1) is 29.4 Å². The molecular weight excluding hydrogens is 296 g/mol. The van der Waals surface area contributed by atoms with E-state index in [9.17, 15) is 4.79 Å². The van der Waals surface area contributed by atoms with E-state index in [1.165, 1.54) is 12.8 Å². The predicted octanol–water partition coefficient (Wildman–Crippen LogP) is 3.22. The lowest BCUT2D eigenvalue weighted by molar-refractivity contribution is -0.117. The van der Waals surface area contributed by atoms with Gasteiger partial charge in [0.25, 0.3) is 0 Å². The topological polar surface area (TPSA) is 62.7 Å². The van der Waals surface area contributed by atoms with E-state index in [4.69, 9.17) is 12.2 Å². The van der Waals surface area contributed by atoms with Gasteiger partial charge in [-0.25, -0.2) is 0 Å². The zero-order valence-corrected chi connectivity index (χ0v) is 13.2. The molecule has 2 atom stereocenters. The Balaban J connectivity index is 1.52. The lowest BCUT2D eigenvalue weighted by Gasteiger charge is -2.09. The van der Waals surface area contributed by atoms with Crippen molar-refractivity contribution in [3.05, 3.63) is 34.9 Å². The maximum atomic E-state index is 12.3. The fourth-order valence-electron chi connectivity index (χ4n) is 3.20. The van der Waals surface area contributed by atoms with Crippen molar-refractivity contribution in [2.75, 3.05) is 5.32 Å². The molecular formula is C16H18N4OS. The normalized spacial score (nSPS) is 23.3. The molecule has 4 rings (SSSR count). The summed E-state index contributed by atoms with van der Waals surface area (Å²) in [4.78, 5) is 12.3. The Labute approximate surface area is 133 Å². The van der Waals surface area contributed by atoms with Crippen molar-refractivity contribution >= 4 is 23.8 Å². The number of nitrogens with zero attached hydrogens (tertiary/aromatic N) is 2. The monoisotopic (exact) mass is 314 g/mol. The van der Waals surface area contributed by atoms with Crippen molar-refractivity contribution in [1.29, 1.82) is 0 Å². The van der Waals surface area contributed by atoms with Gasteiger partial charge in [0.15, 0.2) is 4.77 Å². The highest BCUT2D eigenvalue weighted by Crippen LogP contribution is 2.54. The minimum absolute atomic E-state index is 0.154. The minimum atomic E-state index is 0.154. The highest BCUT2D eigenvalue weighted by atomic mass is 32.1. The van der Waals surface area contributed by atoms with Gasteiger partial charge in [-0.2, -0.15) is 5.10 Å². The van der Waals surface area contributed by atoms with Crippen LogP contribution in [0.2, 0.25) is 0 Å². The van der Waals surface area contributed by atoms with Crippen molar-refractivity contribution in [2.45, 2.75) is 26.2 Å². The van der Waals surface area contributed by atoms with Gasteiger partial charge in [-0.05, 0) is 68.4 Å². The third-order valence-corrected chi connectivity index (χ3v) is 4.89. The second kappa shape index (κ2) is 5.05. The molecule has 0 radical (unpaired) electrons. The van der Waals surface area contributed by atoms with Crippen LogP contribution in [0.4, 0.5) is 5.69 Å². The Hall–Kier alpha value is -1.95. The second-order valence-electron chi connectivity index (χ2n) is 6.29. The molecule has 0 bridgehead atoms. The van der Waals surface area contributed by atoms with Gasteiger partial charge in [0.2, 0.25) is 5.91 Å². The number of hydrogen-bond donors (Lipinski definition) is 2. The van der Waals surface area contributed by atoms with Crippen LogP contribution >= 0.6 is 12.2 Å². The summed E-state index contributed by atoms with van der Waals surface area (Å²) in [5.74, 6) is 2.61. The third kappa shape index (κ3) is 2.47. The lowest BCUT2D eigenvalue weighted by Crippen LogP contribution is -2.15. The molecule has 6 heteroatoms. The van der Waals surface area contributed by atoms with Crippen molar-refractivity contribution in [3.63, 3.8) is 0 Å². The van der Waals surface area contributed by atoms with E-state index in [1.807, 2.05) is 35.8 Å². The number of carbonyl (C=O) groups is 1. The van der Waals surface area contributed by atoms with Crippen LogP contribution in [0.15, 0.2) is 24.3 Å². The van der Waals surface area contributed by atoms with E-state index in [0.717, 1.165) is 29.5 Å². The molecule has 1 aromatic heterocycles. The van der Waals surface area contributed by atoms with Gasteiger partial charge < -0.3 is 5.32 Å². The van der Waals surface area contributed by atoms with Crippen molar-refractivity contribution in [3.8, 4) is 5.69 Å². The van der Waals surface area contributed by atoms with Gasteiger partial charge >= 0.3 is 0 Å². The van der Waals surface area contributed by atoms with E-state index in [0.29, 0.717) is 10.7 Å². The number of H-pyrrole nitrogens is 1. The molecule has 2 fully saturated rings. The van der Waals surface area contributed by atoms with Gasteiger partial charge in [-0.1, -0.05) is 6.07 Å². The molecule has 0 aliphatic heterocycles. The van der Waals surface area contributed by atoms with E-state index in [-0.39, 0.29) is 11.8 Å². The number of aromatic nitrogens is 3. The molecule has 22 heavy (non-hydrogen) atoms. The minimum Gasteiger partial charge on any atom is -0.326 e. The quantitative estimate of drug-likeness (QED) is 0.852. The van der Waals surface area contributed by atoms with E-state index >= 15 is 0 Å². The average molecular weight is 314 g/mol. The Morgan fingerprint density at radius 2 is 2.27 bits per heavy atom. The zero-order valence-electron chi connectivity index (χ0n) is 12.4. The Bertz CT molecular complexity index is 789. The molecule has 0 spiro atoms. The SMILES string of the molecule is Cc1n[nH]c(=S)n1-c1cccc(NC(=O)[C@H]2C[C@H]2C2CC2)c1. The first-order chi connectivity index (χ1) is 10.6. The first kappa shape index (κ1) is 13.7. The number of benzene rings is 1. The van der Waals surface area contributed by atoms with Crippen LogP contribution in [-0.2, 0) is 4.79 Å². The van der Waals surface area contributed by atoms with Gasteiger partial charge in [-0.15, -0.1) is 0 Å². The Morgan fingerprint density at radius 1 is 1.45 bits per heavy atom. The van der Waals surface area contributed by atoms with E-state index < -0.39 is 0 Å². The molecule has 2 aliphatic carbocycles. The Kier molecular flexibility index (Phi) is 3.14. The van der Waals surface area contributed by atoms with Crippen LogP contribution < -0.4 is 5.32 Å². The number of aryl methyl sites for hydroxylation is 1. The summed E-state index contributed by atoms with van der Waals surface area (Å²) in [7, 11) is 0. The van der Waals surface area contributed by atoms with Crippen LogP contribution in [0.1, 0.15) is 25.1 Å². The summed E-state index contributed by atoms with van der Waals surface area (Å²) in [6, 6.07) is 7.72. The smallest absolute Gasteiger partial charge is 0.227 e. The first-order valence-corrected chi connectivity index (χ1v) is 8.09. The molecule has 2 aliphatic rings. The number of rotatable bonds is 4. The van der Waals surface area contributed by atoms with Crippen LogP contribution in [-0.4, -0.2) is 20.7 Å². The van der Waals surface area contributed by atoms with Gasteiger partial charge in [0.05, 0.1) is 5.69 Å². The van der Waals surface area contributed by atoms with Gasteiger partial charge in [0.1, 0.15) is 5.82 Å². The lowest BCUT2D eigenvalue weighted by atomic mass is 10.2. The number of hydrogen-bond acceptors (Lipinski definition) is 3. The summed E-state index contributed by atoms with van der Waals surface area (Å²) in [6.45, 7) is 1.89. The molecule has 2 aromatic rings. The molecule has 5 nitrogen and oxygen atoms in total. The van der Waals surface area contributed by atoms with Crippen molar-refractivity contribution in [2.24, 2.45) is 17.8 Å². The summed E-state index contributed by atoms with van der Waals surface area (Å²) >= 11 is 5.25. The maximum absolute atomic E-state index is 12.3. The number of anilines is 1. The zero-order chi connectivity index (χ0) is 15.3. The molecule has 114 valence electrons. The summed E-state index contributed by atoms with van der Waals surface area (Å²) < 4.78 is 2.41. The van der Waals surface area contributed by atoms with Crippen LogP contribution in [0.5, 0.6) is 0 Å². The second-order valence-corrected chi connectivity index (χ2v) is 6.68. The van der Waals surface area contributed by atoms with Crippen molar-refractivity contribution in [1.82, 2.24) is 14.8 Å². The molecule has 0 unspecified atom stereocenters. The number of amides is 1. The number of nitrogens with one attached hydrogen (secondary N) is 2. The molecule has 1 heterocycles. The molecule has 1 aromatic carbocycles. The molecule has 2 saturated carbocycles. The third-order valence-electron chi connectivity index (χ3n) is 4.62. The van der Waals surface area contributed by atoms with Crippen molar-refractivity contribution < 1.29 is 4.79 Å². The van der Waals surface area contributed by atoms with Crippen LogP contribution in [0.25, 0.3) is 5.69 Å². The first-order valence-electron chi connectivity index (χ1n) is 7.69. The van der Waals surface area contributed by atoms with Gasteiger partial charge in [-0.3, -0.25) is 14.5 Å².